The molecule has 0 saturated carbocycles. The van der Waals surface area contributed by atoms with Crippen molar-refractivity contribution in [2.45, 2.75) is 13.0 Å². The molecule has 0 bridgehead atoms. The molecular formula is C6H12BrN5. The molecule has 1 aromatic rings. The number of tetrazole rings is 1. The first-order chi connectivity index (χ1) is 5.66. The molecule has 0 spiro atoms. The SMILES string of the molecule is CC(CBr)N(C)c1nnnn1C. The predicted molar refractivity (Wildman–Crippen MR) is 50.5 cm³/mol. The Labute approximate surface area is 79.9 Å². The van der Waals surface area contributed by atoms with Crippen molar-refractivity contribution >= 4 is 21.9 Å². The molecule has 1 rings (SSSR count). The summed E-state index contributed by atoms with van der Waals surface area (Å²) >= 11 is 3.41. The fourth-order valence-electron chi connectivity index (χ4n) is 0.824. The maximum atomic E-state index is 3.89. The molecule has 1 heterocycles. The van der Waals surface area contributed by atoms with E-state index in [1.165, 1.54) is 0 Å². The van der Waals surface area contributed by atoms with Crippen molar-refractivity contribution in [3.05, 3.63) is 0 Å². The number of nitrogens with zero attached hydrogens (tertiary/aromatic N) is 5. The third-order valence-electron chi connectivity index (χ3n) is 1.80. The topological polar surface area (TPSA) is 46.8 Å². The normalized spacial score (nSPS) is 13.0. The number of aromatic nitrogens is 4. The summed E-state index contributed by atoms with van der Waals surface area (Å²) < 4.78 is 1.65. The number of anilines is 1. The number of alkyl halides is 1. The maximum absolute atomic E-state index is 3.89. The predicted octanol–water partition coefficient (Wildman–Crippen LogP) is 0.430. The van der Waals surface area contributed by atoms with Crippen LogP contribution in [0.3, 0.4) is 0 Å². The van der Waals surface area contributed by atoms with E-state index in [1.54, 1.807) is 4.68 Å². The van der Waals surface area contributed by atoms with Crippen molar-refractivity contribution in [2.24, 2.45) is 7.05 Å². The monoisotopic (exact) mass is 233 g/mol. The summed E-state index contributed by atoms with van der Waals surface area (Å²) in [4.78, 5) is 2.02. The molecule has 0 fully saturated rings. The van der Waals surface area contributed by atoms with Gasteiger partial charge in [-0.25, -0.2) is 4.68 Å². The molecule has 5 nitrogen and oxygen atoms in total. The van der Waals surface area contributed by atoms with E-state index < -0.39 is 0 Å². The van der Waals surface area contributed by atoms with Crippen molar-refractivity contribution in [3.63, 3.8) is 0 Å². The number of rotatable bonds is 3. The van der Waals surface area contributed by atoms with Gasteiger partial charge in [-0.1, -0.05) is 21.0 Å². The van der Waals surface area contributed by atoms with Gasteiger partial charge >= 0.3 is 0 Å². The van der Waals surface area contributed by atoms with E-state index in [9.17, 15) is 0 Å². The zero-order chi connectivity index (χ0) is 9.14. The molecule has 0 aromatic carbocycles. The summed E-state index contributed by atoms with van der Waals surface area (Å²) in [5.74, 6) is 0.780. The Morgan fingerprint density at radius 3 is 2.75 bits per heavy atom. The van der Waals surface area contributed by atoms with Crippen LogP contribution in [-0.4, -0.2) is 38.6 Å². The Morgan fingerprint density at radius 1 is 1.67 bits per heavy atom. The second-order valence-corrected chi connectivity index (χ2v) is 3.36. The van der Waals surface area contributed by atoms with Gasteiger partial charge in [-0.05, 0) is 17.4 Å². The van der Waals surface area contributed by atoms with Crippen LogP contribution in [-0.2, 0) is 7.05 Å². The van der Waals surface area contributed by atoms with Crippen LogP contribution in [0.15, 0.2) is 0 Å². The fourth-order valence-corrected chi connectivity index (χ4v) is 1.26. The number of halogens is 1. The molecule has 68 valence electrons. The zero-order valence-corrected chi connectivity index (χ0v) is 8.98. The van der Waals surface area contributed by atoms with E-state index in [-0.39, 0.29) is 0 Å². The standard InChI is InChI=1S/C6H12BrN5/c1-5(4-7)11(2)6-8-9-10-12(6)3/h5H,4H2,1-3H3. The highest BCUT2D eigenvalue weighted by Crippen LogP contribution is 2.09. The Kier molecular flexibility index (Phi) is 3.02. The van der Waals surface area contributed by atoms with Crippen LogP contribution in [0.1, 0.15) is 6.92 Å². The summed E-state index contributed by atoms with van der Waals surface area (Å²) in [5, 5.41) is 12.1. The fraction of sp³-hybridized carbons (Fsp3) is 0.833. The second kappa shape index (κ2) is 3.84. The van der Waals surface area contributed by atoms with Gasteiger partial charge in [0.25, 0.3) is 0 Å². The van der Waals surface area contributed by atoms with Crippen LogP contribution in [0, 0.1) is 0 Å². The molecule has 0 aliphatic heterocycles. The van der Waals surface area contributed by atoms with Crippen LogP contribution >= 0.6 is 15.9 Å². The summed E-state index contributed by atoms with van der Waals surface area (Å²) in [6.07, 6.45) is 0. The molecule has 12 heavy (non-hydrogen) atoms. The minimum atomic E-state index is 0.384. The van der Waals surface area contributed by atoms with Crippen LogP contribution < -0.4 is 4.90 Å². The lowest BCUT2D eigenvalue weighted by molar-refractivity contribution is 0.671. The highest BCUT2D eigenvalue weighted by atomic mass is 79.9. The first kappa shape index (κ1) is 9.44. The van der Waals surface area contributed by atoms with E-state index in [1.807, 2.05) is 19.0 Å². The van der Waals surface area contributed by atoms with Crippen LogP contribution in [0.5, 0.6) is 0 Å². The summed E-state index contributed by atoms with van der Waals surface area (Å²) in [7, 11) is 3.80. The molecule has 0 radical (unpaired) electrons. The Balaban J connectivity index is 2.77. The summed E-state index contributed by atoms with van der Waals surface area (Å²) in [5.41, 5.74) is 0. The lowest BCUT2D eigenvalue weighted by Crippen LogP contribution is -2.32. The molecule has 1 aromatic heterocycles. The second-order valence-electron chi connectivity index (χ2n) is 2.72. The van der Waals surface area contributed by atoms with Gasteiger partial charge in [-0.2, -0.15) is 0 Å². The largest absolute Gasteiger partial charge is 0.339 e. The Hall–Kier alpha value is -0.650. The minimum Gasteiger partial charge on any atom is -0.339 e. The zero-order valence-electron chi connectivity index (χ0n) is 7.40. The molecule has 0 aliphatic carbocycles. The highest BCUT2D eigenvalue weighted by Gasteiger charge is 2.13. The van der Waals surface area contributed by atoms with E-state index in [4.69, 9.17) is 0 Å². The average Bonchev–Trinajstić information content (AvgIpc) is 2.48. The third kappa shape index (κ3) is 1.74. The van der Waals surface area contributed by atoms with Crippen molar-refractivity contribution in [1.82, 2.24) is 20.2 Å². The van der Waals surface area contributed by atoms with Gasteiger partial charge in [-0.3, -0.25) is 0 Å². The van der Waals surface area contributed by atoms with Crippen LogP contribution in [0.4, 0.5) is 5.95 Å². The number of aryl methyl sites for hydroxylation is 1. The number of hydrogen-bond acceptors (Lipinski definition) is 4. The molecule has 6 heteroatoms. The molecule has 1 atom stereocenters. The molecular weight excluding hydrogens is 222 g/mol. The van der Waals surface area contributed by atoms with Gasteiger partial charge in [-0.15, -0.1) is 0 Å². The Bertz CT molecular complexity index is 248. The van der Waals surface area contributed by atoms with Crippen molar-refractivity contribution < 1.29 is 0 Å². The van der Waals surface area contributed by atoms with Gasteiger partial charge in [0.15, 0.2) is 0 Å². The smallest absolute Gasteiger partial charge is 0.245 e. The van der Waals surface area contributed by atoms with Gasteiger partial charge in [0.05, 0.1) is 0 Å². The van der Waals surface area contributed by atoms with Crippen molar-refractivity contribution in [1.29, 1.82) is 0 Å². The number of hydrogen-bond donors (Lipinski definition) is 0. The van der Waals surface area contributed by atoms with E-state index in [2.05, 4.69) is 38.4 Å². The third-order valence-corrected chi connectivity index (χ3v) is 2.73. The first-order valence-electron chi connectivity index (χ1n) is 3.68. The molecule has 0 aliphatic rings. The molecule has 1 unspecified atom stereocenters. The highest BCUT2D eigenvalue weighted by molar-refractivity contribution is 9.09. The summed E-state index contributed by atoms with van der Waals surface area (Å²) in [6.45, 7) is 2.10. The maximum Gasteiger partial charge on any atom is 0.245 e. The van der Waals surface area contributed by atoms with Gasteiger partial charge in [0.2, 0.25) is 5.95 Å². The van der Waals surface area contributed by atoms with Gasteiger partial charge in [0, 0.05) is 25.5 Å². The van der Waals surface area contributed by atoms with E-state index in [0.717, 1.165) is 11.3 Å². The van der Waals surface area contributed by atoms with Gasteiger partial charge in [0.1, 0.15) is 0 Å². The van der Waals surface area contributed by atoms with Crippen molar-refractivity contribution in [3.8, 4) is 0 Å². The quantitative estimate of drug-likeness (QED) is 0.711. The van der Waals surface area contributed by atoms with E-state index >= 15 is 0 Å². The summed E-state index contributed by atoms with van der Waals surface area (Å²) in [6, 6.07) is 0.384. The van der Waals surface area contributed by atoms with Crippen molar-refractivity contribution in [2.75, 3.05) is 17.3 Å². The van der Waals surface area contributed by atoms with Gasteiger partial charge < -0.3 is 4.90 Å². The van der Waals surface area contributed by atoms with Crippen LogP contribution in [0.25, 0.3) is 0 Å². The Morgan fingerprint density at radius 2 is 2.33 bits per heavy atom. The molecule has 0 saturated heterocycles. The van der Waals surface area contributed by atoms with E-state index in [0.29, 0.717) is 6.04 Å². The van der Waals surface area contributed by atoms with Crippen LogP contribution in [0.2, 0.25) is 0 Å². The molecule has 0 N–H and O–H groups in total. The lowest BCUT2D eigenvalue weighted by Gasteiger charge is -2.22. The minimum absolute atomic E-state index is 0.384. The molecule has 0 amide bonds. The lowest BCUT2D eigenvalue weighted by atomic mass is 10.4. The average molecular weight is 234 g/mol. The first-order valence-corrected chi connectivity index (χ1v) is 4.80.